The lowest BCUT2D eigenvalue weighted by atomic mass is 10.0. The lowest BCUT2D eigenvalue weighted by molar-refractivity contribution is -0.121. The lowest BCUT2D eigenvalue weighted by Crippen LogP contribution is -2.39. The van der Waals surface area contributed by atoms with E-state index in [1.807, 2.05) is 0 Å². The topological polar surface area (TPSA) is 85.4 Å². The Balaban J connectivity index is 1.65. The smallest absolute Gasteiger partial charge is 0.266 e. The highest BCUT2D eigenvalue weighted by atomic mass is 19.3. The van der Waals surface area contributed by atoms with Crippen molar-refractivity contribution in [3.63, 3.8) is 0 Å². The van der Waals surface area contributed by atoms with Crippen LogP contribution in [0.4, 0.5) is 23.4 Å². The molecule has 1 aromatic heterocycles. The van der Waals surface area contributed by atoms with Gasteiger partial charge in [0.1, 0.15) is 24.1 Å². The molecular weight excluding hydrogens is 456 g/mol. The summed E-state index contributed by atoms with van der Waals surface area (Å²) in [6, 6.07) is 3.06. The van der Waals surface area contributed by atoms with Crippen LogP contribution in [0.2, 0.25) is 0 Å². The molecule has 1 saturated heterocycles. The van der Waals surface area contributed by atoms with Gasteiger partial charge in [-0.25, -0.2) is 27.5 Å². The van der Waals surface area contributed by atoms with Crippen LogP contribution in [0.25, 0.3) is 0 Å². The van der Waals surface area contributed by atoms with Gasteiger partial charge in [-0.2, -0.15) is 0 Å². The molecule has 2 aliphatic rings. The van der Waals surface area contributed by atoms with E-state index in [1.165, 1.54) is 12.1 Å². The summed E-state index contributed by atoms with van der Waals surface area (Å²) in [5, 5.41) is 5.77. The van der Waals surface area contributed by atoms with Gasteiger partial charge in [0.2, 0.25) is 5.91 Å². The molecule has 1 aliphatic carbocycles. The molecule has 184 valence electrons. The second-order valence-electron chi connectivity index (χ2n) is 8.61. The summed E-state index contributed by atoms with van der Waals surface area (Å²) < 4.78 is 65.5. The molecule has 1 aliphatic heterocycles. The number of nitrogens with one attached hydrogen (secondary N) is 2. The zero-order valence-corrected chi connectivity index (χ0v) is 18.8. The summed E-state index contributed by atoms with van der Waals surface area (Å²) in [6.07, 6.45) is -2.83. The Bertz CT molecular complexity index is 1060. The number of hydrogen-bond acceptors (Lipinski definition) is 6. The van der Waals surface area contributed by atoms with E-state index in [4.69, 9.17) is 9.47 Å². The molecule has 2 heterocycles. The van der Waals surface area contributed by atoms with E-state index in [9.17, 15) is 22.4 Å². The monoisotopic (exact) mass is 482 g/mol. The molecule has 1 amide bonds. The van der Waals surface area contributed by atoms with Gasteiger partial charge >= 0.3 is 0 Å². The van der Waals surface area contributed by atoms with Crippen molar-refractivity contribution in [2.75, 3.05) is 25.2 Å². The Kier molecular flexibility index (Phi) is 7.04. The third-order valence-electron chi connectivity index (χ3n) is 5.95. The highest BCUT2D eigenvalue weighted by Crippen LogP contribution is 2.37. The second-order valence-corrected chi connectivity index (χ2v) is 8.61. The molecule has 2 aromatic rings. The number of anilines is 1. The molecule has 0 radical (unpaired) electrons. The normalized spacial score (nSPS) is 18.2. The van der Waals surface area contributed by atoms with E-state index < -0.39 is 48.3 Å². The maximum Gasteiger partial charge on any atom is 0.266 e. The van der Waals surface area contributed by atoms with E-state index in [-0.39, 0.29) is 17.8 Å². The molecule has 0 bridgehead atoms. The van der Waals surface area contributed by atoms with Crippen molar-refractivity contribution < 1.29 is 31.8 Å². The van der Waals surface area contributed by atoms with Gasteiger partial charge in [0.15, 0.2) is 6.29 Å². The Morgan fingerprint density at radius 3 is 2.50 bits per heavy atom. The first-order chi connectivity index (χ1) is 16.2. The summed E-state index contributed by atoms with van der Waals surface area (Å²) >= 11 is 0. The van der Waals surface area contributed by atoms with Crippen LogP contribution in [0, 0.1) is 12.7 Å². The zero-order valence-electron chi connectivity index (χ0n) is 18.8. The van der Waals surface area contributed by atoms with Gasteiger partial charge in [-0.15, -0.1) is 0 Å². The molecule has 0 spiro atoms. The highest BCUT2D eigenvalue weighted by molar-refractivity contribution is 5.80. The van der Waals surface area contributed by atoms with E-state index in [2.05, 4.69) is 20.6 Å². The summed E-state index contributed by atoms with van der Waals surface area (Å²) in [6.45, 7) is 3.22. The number of rotatable bonds is 9. The minimum atomic E-state index is -2.95. The van der Waals surface area contributed by atoms with E-state index in [0.29, 0.717) is 43.1 Å². The SMILES string of the molecule is Cc1nc(CC(=O)NC2(CF)CC2)c(C2OCCO2)c(NC(C)c2cccc(C(F)F)c2F)n1. The fourth-order valence-electron chi connectivity index (χ4n) is 3.95. The number of amides is 1. The number of nitrogens with zero attached hydrogens (tertiary/aromatic N) is 2. The zero-order chi connectivity index (χ0) is 24.5. The van der Waals surface area contributed by atoms with Crippen molar-refractivity contribution in [3.05, 3.63) is 52.2 Å². The summed E-state index contributed by atoms with van der Waals surface area (Å²) in [5.41, 5.74) is -0.774. The summed E-state index contributed by atoms with van der Waals surface area (Å²) in [5.74, 6) is -0.836. The number of hydrogen-bond donors (Lipinski definition) is 2. The Labute approximate surface area is 194 Å². The van der Waals surface area contributed by atoms with Gasteiger partial charge in [0.05, 0.1) is 48.0 Å². The molecule has 2 N–H and O–H groups in total. The van der Waals surface area contributed by atoms with Gasteiger partial charge in [0.25, 0.3) is 6.43 Å². The summed E-state index contributed by atoms with van der Waals surface area (Å²) in [7, 11) is 0. The fourth-order valence-corrected chi connectivity index (χ4v) is 3.95. The van der Waals surface area contributed by atoms with E-state index in [1.54, 1.807) is 13.8 Å². The van der Waals surface area contributed by atoms with Crippen molar-refractivity contribution in [2.24, 2.45) is 0 Å². The van der Waals surface area contributed by atoms with Crippen molar-refractivity contribution in [1.29, 1.82) is 0 Å². The van der Waals surface area contributed by atoms with Crippen LogP contribution < -0.4 is 10.6 Å². The first-order valence-electron chi connectivity index (χ1n) is 11.0. The molecule has 1 saturated carbocycles. The van der Waals surface area contributed by atoms with Crippen LogP contribution in [0.3, 0.4) is 0 Å². The highest BCUT2D eigenvalue weighted by Gasteiger charge is 2.44. The average Bonchev–Trinajstić information content (AvgIpc) is 3.33. The Hall–Kier alpha value is -2.79. The minimum Gasteiger partial charge on any atom is -0.363 e. The molecule has 11 heteroatoms. The molecular formula is C23H26F4N4O3. The van der Waals surface area contributed by atoms with Crippen molar-refractivity contribution in [3.8, 4) is 0 Å². The predicted octanol–water partition coefficient (Wildman–Crippen LogP) is 4.24. The van der Waals surface area contributed by atoms with Gasteiger partial charge in [-0.1, -0.05) is 18.2 Å². The van der Waals surface area contributed by atoms with Crippen molar-refractivity contribution >= 4 is 11.7 Å². The number of alkyl halides is 3. The molecule has 34 heavy (non-hydrogen) atoms. The number of carbonyl (C=O) groups is 1. The first-order valence-corrected chi connectivity index (χ1v) is 11.0. The molecule has 7 nitrogen and oxygen atoms in total. The number of halogens is 4. The van der Waals surface area contributed by atoms with Crippen LogP contribution in [-0.2, 0) is 20.7 Å². The van der Waals surface area contributed by atoms with Gasteiger partial charge in [-0.05, 0) is 26.7 Å². The fraction of sp³-hybridized carbons (Fsp3) is 0.522. The lowest BCUT2D eigenvalue weighted by Gasteiger charge is -2.23. The van der Waals surface area contributed by atoms with Gasteiger partial charge < -0.3 is 20.1 Å². The number of aromatic nitrogens is 2. The number of benzene rings is 1. The van der Waals surface area contributed by atoms with Crippen LogP contribution in [0.1, 0.15) is 66.7 Å². The number of aryl methyl sites for hydroxylation is 1. The maximum absolute atomic E-state index is 14.7. The first kappa shape index (κ1) is 24.3. The van der Waals surface area contributed by atoms with Gasteiger partial charge in [0, 0.05) is 5.56 Å². The van der Waals surface area contributed by atoms with Crippen LogP contribution in [0.15, 0.2) is 18.2 Å². The molecule has 1 unspecified atom stereocenters. The average molecular weight is 482 g/mol. The van der Waals surface area contributed by atoms with E-state index >= 15 is 0 Å². The quantitative estimate of drug-likeness (QED) is 0.520. The van der Waals surface area contributed by atoms with Crippen LogP contribution >= 0.6 is 0 Å². The Morgan fingerprint density at radius 1 is 1.21 bits per heavy atom. The van der Waals surface area contributed by atoms with Crippen molar-refractivity contribution in [2.45, 2.75) is 57.4 Å². The van der Waals surface area contributed by atoms with Crippen molar-refractivity contribution in [1.82, 2.24) is 15.3 Å². The minimum absolute atomic E-state index is 0.0335. The second kappa shape index (κ2) is 9.83. The van der Waals surface area contributed by atoms with Crippen LogP contribution in [0.5, 0.6) is 0 Å². The van der Waals surface area contributed by atoms with Gasteiger partial charge in [-0.3, -0.25) is 4.79 Å². The maximum atomic E-state index is 14.7. The summed E-state index contributed by atoms with van der Waals surface area (Å²) in [4.78, 5) is 21.4. The number of carbonyl (C=O) groups excluding carboxylic acids is 1. The predicted molar refractivity (Wildman–Crippen MR) is 115 cm³/mol. The largest absolute Gasteiger partial charge is 0.363 e. The van der Waals surface area contributed by atoms with Crippen LogP contribution in [-0.4, -0.2) is 41.3 Å². The third kappa shape index (κ3) is 5.15. The number of ether oxygens (including phenoxy) is 2. The van der Waals surface area contributed by atoms with E-state index in [0.717, 1.165) is 6.07 Å². The molecule has 1 aromatic carbocycles. The molecule has 2 fully saturated rings. The molecule has 1 atom stereocenters. The third-order valence-corrected chi connectivity index (χ3v) is 5.95. The Morgan fingerprint density at radius 2 is 1.88 bits per heavy atom. The molecule has 4 rings (SSSR count). The standard InChI is InChI=1S/C23H26F4N4O3/c1-12(14-4-3-5-15(19(14)25)20(26)27)28-21-18(22-33-8-9-34-22)16(29-13(2)30-21)10-17(32)31-23(11-24)6-7-23/h3-5,12,20,22H,6-11H2,1-2H3,(H,31,32)(H,28,29,30).